The van der Waals surface area contributed by atoms with E-state index in [0.717, 1.165) is 30.5 Å². The summed E-state index contributed by atoms with van der Waals surface area (Å²) in [4.78, 5) is 14.9. The van der Waals surface area contributed by atoms with Crippen LogP contribution < -0.4 is 0 Å². The van der Waals surface area contributed by atoms with Crippen LogP contribution in [0, 0.1) is 0 Å². The van der Waals surface area contributed by atoms with Gasteiger partial charge >= 0.3 is 0 Å². The summed E-state index contributed by atoms with van der Waals surface area (Å²) in [6.07, 6.45) is 3.67. The number of piperidine rings is 1. The van der Waals surface area contributed by atoms with Crippen LogP contribution in [0.15, 0.2) is 30.5 Å². The SMILES string of the molecule is CC(C)c1ccccc1C(=O)N1CCCC(n2cc(CO)nn2)C1. The summed E-state index contributed by atoms with van der Waals surface area (Å²) in [5.41, 5.74) is 2.44. The third-order valence-corrected chi connectivity index (χ3v) is 4.59. The minimum atomic E-state index is -0.114. The van der Waals surface area contributed by atoms with Gasteiger partial charge in [0.05, 0.1) is 18.8 Å². The summed E-state index contributed by atoms with van der Waals surface area (Å²) in [6, 6.07) is 7.97. The van der Waals surface area contributed by atoms with Crippen molar-refractivity contribution in [2.24, 2.45) is 0 Å². The van der Waals surface area contributed by atoms with Crippen LogP contribution in [0.25, 0.3) is 0 Å². The van der Waals surface area contributed by atoms with E-state index < -0.39 is 0 Å². The van der Waals surface area contributed by atoms with Gasteiger partial charge in [-0.3, -0.25) is 4.79 Å². The van der Waals surface area contributed by atoms with Gasteiger partial charge in [-0.1, -0.05) is 37.3 Å². The van der Waals surface area contributed by atoms with Crippen molar-refractivity contribution in [3.8, 4) is 0 Å². The molecule has 1 amide bonds. The first kappa shape index (κ1) is 16.6. The largest absolute Gasteiger partial charge is 0.390 e. The fourth-order valence-electron chi connectivity index (χ4n) is 3.28. The zero-order valence-corrected chi connectivity index (χ0v) is 14.2. The Labute approximate surface area is 142 Å². The molecule has 1 aliphatic heterocycles. The van der Waals surface area contributed by atoms with E-state index in [1.807, 2.05) is 29.2 Å². The highest BCUT2D eigenvalue weighted by Crippen LogP contribution is 2.25. The van der Waals surface area contributed by atoms with Gasteiger partial charge in [-0.05, 0) is 30.4 Å². The third kappa shape index (κ3) is 3.33. The summed E-state index contributed by atoms with van der Waals surface area (Å²) >= 11 is 0. The van der Waals surface area contributed by atoms with Crippen molar-refractivity contribution in [2.75, 3.05) is 13.1 Å². The zero-order chi connectivity index (χ0) is 17.1. The van der Waals surface area contributed by atoms with E-state index >= 15 is 0 Å². The van der Waals surface area contributed by atoms with Crippen LogP contribution in [-0.2, 0) is 6.61 Å². The van der Waals surface area contributed by atoms with Gasteiger partial charge in [0.2, 0.25) is 0 Å². The van der Waals surface area contributed by atoms with E-state index in [1.54, 1.807) is 10.9 Å². The molecule has 1 unspecified atom stereocenters. The number of nitrogens with zero attached hydrogens (tertiary/aromatic N) is 4. The molecule has 0 aliphatic carbocycles. The molecule has 0 bridgehead atoms. The number of hydrogen-bond donors (Lipinski definition) is 1. The molecule has 2 heterocycles. The molecule has 3 rings (SSSR count). The Kier molecular flexibility index (Phi) is 4.94. The average Bonchev–Trinajstić information content (AvgIpc) is 3.10. The predicted octanol–water partition coefficient (Wildman–Crippen LogP) is 2.37. The maximum Gasteiger partial charge on any atom is 0.254 e. The first-order valence-electron chi connectivity index (χ1n) is 8.50. The quantitative estimate of drug-likeness (QED) is 0.935. The first-order chi connectivity index (χ1) is 11.6. The topological polar surface area (TPSA) is 71.2 Å². The molecule has 1 N–H and O–H groups in total. The highest BCUT2D eigenvalue weighted by Gasteiger charge is 2.27. The van der Waals surface area contributed by atoms with Gasteiger partial charge in [0, 0.05) is 18.7 Å². The van der Waals surface area contributed by atoms with Crippen molar-refractivity contribution in [1.29, 1.82) is 0 Å². The Bertz CT molecular complexity index is 711. The number of aromatic nitrogens is 3. The molecular weight excluding hydrogens is 304 g/mol. The maximum absolute atomic E-state index is 13.0. The Morgan fingerprint density at radius 3 is 2.88 bits per heavy atom. The van der Waals surface area contributed by atoms with Crippen molar-refractivity contribution in [3.63, 3.8) is 0 Å². The van der Waals surface area contributed by atoms with Crippen molar-refractivity contribution in [2.45, 2.75) is 45.3 Å². The van der Waals surface area contributed by atoms with Crippen LogP contribution in [0.4, 0.5) is 0 Å². The highest BCUT2D eigenvalue weighted by molar-refractivity contribution is 5.96. The van der Waals surface area contributed by atoms with E-state index in [4.69, 9.17) is 5.11 Å². The van der Waals surface area contributed by atoms with E-state index in [9.17, 15) is 4.79 Å². The molecule has 1 aliphatic rings. The average molecular weight is 328 g/mol. The van der Waals surface area contributed by atoms with Crippen molar-refractivity contribution >= 4 is 5.91 Å². The summed E-state index contributed by atoms with van der Waals surface area (Å²) < 4.78 is 1.78. The van der Waals surface area contributed by atoms with Crippen molar-refractivity contribution in [1.82, 2.24) is 19.9 Å². The van der Waals surface area contributed by atoms with Gasteiger partial charge in [-0.25, -0.2) is 4.68 Å². The molecule has 1 fully saturated rings. The number of aliphatic hydroxyl groups is 1. The summed E-state index contributed by atoms with van der Waals surface area (Å²) in [5, 5.41) is 17.2. The van der Waals surface area contributed by atoms with Crippen LogP contribution in [-0.4, -0.2) is 44.0 Å². The number of rotatable bonds is 4. The van der Waals surface area contributed by atoms with Gasteiger partial charge in [-0.2, -0.15) is 0 Å². The highest BCUT2D eigenvalue weighted by atomic mass is 16.3. The second kappa shape index (κ2) is 7.13. The molecule has 0 spiro atoms. The molecule has 2 aromatic rings. The minimum Gasteiger partial charge on any atom is -0.390 e. The summed E-state index contributed by atoms with van der Waals surface area (Å²) in [6.45, 7) is 5.49. The number of likely N-dealkylation sites (tertiary alicyclic amines) is 1. The maximum atomic E-state index is 13.0. The standard InChI is InChI=1S/C18H24N4O2/c1-13(2)16-7-3-4-8-17(16)18(24)21-9-5-6-15(11-21)22-10-14(12-23)19-20-22/h3-4,7-8,10,13,15,23H,5-6,9,11-12H2,1-2H3. The van der Waals surface area contributed by atoms with Crippen LogP contribution in [0.3, 0.4) is 0 Å². The predicted molar refractivity (Wildman–Crippen MR) is 90.7 cm³/mol. The monoisotopic (exact) mass is 328 g/mol. The normalized spacial score (nSPS) is 18.2. The lowest BCUT2D eigenvalue weighted by Gasteiger charge is -2.33. The number of carbonyl (C=O) groups is 1. The summed E-state index contributed by atoms with van der Waals surface area (Å²) in [7, 11) is 0. The Morgan fingerprint density at radius 2 is 2.17 bits per heavy atom. The number of benzene rings is 1. The Hall–Kier alpha value is -2.21. The second-order valence-corrected chi connectivity index (χ2v) is 6.64. The zero-order valence-electron chi connectivity index (χ0n) is 14.2. The van der Waals surface area contributed by atoms with Crippen LogP contribution >= 0.6 is 0 Å². The van der Waals surface area contributed by atoms with Crippen LogP contribution in [0.1, 0.15) is 60.3 Å². The molecular formula is C18H24N4O2. The number of hydrogen-bond acceptors (Lipinski definition) is 4. The minimum absolute atomic E-state index is 0.0893. The van der Waals surface area contributed by atoms with E-state index in [-0.39, 0.29) is 18.6 Å². The van der Waals surface area contributed by atoms with Crippen molar-refractivity contribution in [3.05, 3.63) is 47.3 Å². The molecule has 1 aromatic carbocycles. The van der Waals surface area contributed by atoms with Gasteiger partial charge in [0.25, 0.3) is 5.91 Å². The summed E-state index contributed by atoms with van der Waals surface area (Å²) in [5.74, 6) is 0.402. The number of aliphatic hydroxyl groups excluding tert-OH is 1. The smallest absolute Gasteiger partial charge is 0.254 e. The van der Waals surface area contributed by atoms with E-state index in [2.05, 4.69) is 24.2 Å². The Balaban J connectivity index is 1.78. The van der Waals surface area contributed by atoms with Gasteiger partial charge in [-0.15, -0.1) is 5.10 Å². The number of carbonyl (C=O) groups excluding carboxylic acids is 1. The molecule has 24 heavy (non-hydrogen) atoms. The van der Waals surface area contributed by atoms with Gasteiger partial charge < -0.3 is 10.0 Å². The second-order valence-electron chi connectivity index (χ2n) is 6.64. The van der Waals surface area contributed by atoms with Gasteiger partial charge in [0.15, 0.2) is 0 Å². The first-order valence-corrected chi connectivity index (χ1v) is 8.50. The third-order valence-electron chi connectivity index (χ3n) is 4.59. The van der Waals surface area contributed by atoms with E-state index in [0.29, 0.717) is 18.2 Å². The number of amides is 1. The lowest BCUT2D eigenvalue weighted by atomic mass is 9.95. The van der Waals surface area contributed by atoms with Gasteiger partial charge in [0.1, 0.15) is 5.69 Å². The molecule has 128 valence electrons. The molecule has 6 heteroatoms. The molecule has 1 atom stereocenters. The molecule has 0 saturated carbocycles. The van der Waals surface area contributed by atoms with Crippen molar-refractivity contribution < 1.29 is 9.90 Å². The molecule has 6 nitrogen and oxygen atoms in total. The van der Waals surface area contributed by atoms with Crippen LogP contribution in [0.5, 0.6) is 0 Å². The van der Waals surface area contributed by atoms with Crippen LogP contribution in [0.2, 0.25) is 0 Å². The molecule has 1 aromatic heterocycles. The fraction of sp³-hybridized carbons (Fsp3) is 0.500. The molecule has 0 radical (unpaired) electrons. The lowest BCUT2D eigenvalue weighted by Crippen LogP contribution is -2.41. The molecule has 1 saturated heterocycles. The Morgan fingerprint density at radius 1 is 1.38 bits per heavy atom. The fourth-order valence-corrected chi connectivity index (χ4v) is 3.28. The van der Waals surface area contributed by atoms with E-state index in [1.165, 1.54) is 0 Å². The lowest BCUT2D eigenvalue weighted by molar-refractivity contribution is 0.0670.